The molecule has 15 heavy (non-hydrogen) atoms. The second-order valence-corrected chi connectivity index (χ2v) is 3.43. The summed E-state index contributed by atoms with van der Waals surface area (Å²) < 4.78 is 23.4. The van der Waals surface area contributed by atoms with Crippen molar-refractivity contribution in [2.75, 3.05) is 14.2 Å². The minimum Gasteiger partial charge on any atom is -0.496 e. The molecule has 0 unspecified atom stereocenters. The predicted molar refractivity (Wildman–Crippen MR) is 60.0 cm³/mol. The summed E-state index contributed by atoms with van der Waals surface area (Å²) >= 11 is 4.78. The third-order valence-corrected chi connectivity index (χ3v) is 2.09. The number of hydrogen-bond donors (Lipinski definition) is 1. The van der Waals surface area contributed by atoms with Crippen molar-refractivity contribution >= 4 is 17.2 Å². The summed E-state index contributed by atoms with van der Waals surface area (Å²) in [6.45, 7) is 0. The third-order valence-electron chi connectivity index (χ3n) is 1.94. The molecule has 1 aromatic carbocycles. The number of ether oxygens (including phenoxy) is 2. The maximum Gasteiger partial charge on any atom is 0.165 e. The molecule has 82 valence electrons. The lowest BCUT2D eigenvalue weighted by Crippen LogP contribution is -2.13. The number of nitrogens with two attached hydrogens (primary N) is 1. The van der Waals surface area contributed by atoms with E-state index in [0.29, 0.717) is 11.3 Å². The van der Waals surface area contributed by atoms with Gasteiger partial charge in [0.1, 0.15) is 5.75 Å². The van der Waals surface area contributed by atoms with Crippen LogP contribution in [0.2, 0.25) is 0 Å². The Bertz CT molecular complexity index is 382. The molecule has 0 spiro atoms. The Morgan fingerprint density at radius 2 is 2.07 bits per heavy atom. The standard InChI is InChI=1S/C10H12FNO2S/c1-13-8-4-3-7(11)10(14-2)6(8)5-9(12)15/h3-4H,5H2,1-2H3,(H2,12,15). The van der Waals surface area contributed by atoms with Gasteiger partial charge in [-0.1, -0.05) is 12.2 Å². The van der Waals surface area contributed by atoms with Crippen molar-refractivity contribution in [3.63, 3.8) is 0 Å². The molecule has 0 aliphatic carbocycles. The van der Waals surface area contributed by atoms with Gasteiger partial charge in [0.2, 0.25) is 0 Å². The predicted octanol–water partition coefficient (Wildman–Crippen LogP) is 1.67. The number of hydrogen-bond acceptors (Lipinski definition) is 3. The molecule has 2 N–H and O–H groups in total. The third kappa shape index (κ3) is 2.56. The molecule has 1 aromatic rings. The van der Waals surface area contributed by atoms with Crippen LogP contribution in [0.3, 0.4) is 0 Å². The topological polar surface area (TPSA) is 44.5 Å². The Balaban J connectivity index is 3.26. The molecule has 1 rings (SSSR count). The van der Waals surface area contributed by atoms with Crippen LogP contribution in [0.15, 0.2) is 12.1 Å². The number of methoxy groups -OCH3 is 2. The number of halogens is 1. The van der Waals surface area contributed by atoms with E-state index in [1.807, 2.05) is 0 Å². The second kappa shape index (κ2) is 4.93. The van der Waals surface area contributed by atoms with Crippen molar-refractivity contribution in [3.05, 3.63) is 23.5 Å². The van der Waals surface area contributed by atoms with Crippen molar-refractivity contribution in [3.8, 4) is 11.5 Å². The average molecular weight is 229 g/mol. The van der Waals surface area contributed by atoms with E-state index in [2.05, 4.69) is 0 Å². The van der Waals surface area contributed by atoms with E-state index >= 15 is 0 Å². The lowest BCUT2D eigenvalue weighted by Gasteiger charge is -2.12. The highest BCUT2D eigenvalue weighted by molar-refractivity contribution is 7.80. The van der Waals surface area contributed by atoms with Crippen LogP contribution in [-0.2, 0) is 6.42 Å². The maximum absolute atomic E-state index is 13.4. The van der Waals surface area contributed by atoms with E-state index in [9.17, 15) is 4.39 Å². The summed E-state index contributed by atoms with van der Waals surface area (Å²) in [4.78, 5) is 0.261. The zero-order chi connectivity index (χ0) is 11.4. The fourth-order valence-corrected chi connectivity index (χ4v) is 1.48. The van der Waals surface area contributed by atoms with Gasteiger partial charge < -0.3 is 15.2 Å². The molecule has 0 aromatic heterocycles. The highest BCUT2D eigenvalue weighted by Crippen LogP contribution is 2.31. The van der Waals surface area contributed by atoms with E-state index in [0.717, 1.165) is 0 Å². The van der Waals surface area contributed by atoms with Crippen LogP contribution in [0.4, 0.5) is 4.39 Å². The van der Waals surface area contributed by atoms with Gasteiger partial charge in [-0.3, -0.25) is 0 Å². The van der Waals surface area contributed by atoms with Gasteiger partial charge >= 0.3 is 0 Å². The van der Waals surface area contributed by atoms with Crippen molar-refractivity contribution in [2.24, 2.45) is 5.73 Å². The molecular formula is C10H12FNO2S. The van der Waals surface area contributed by atoms with Crippen molar-refractivity contribution < 1.29 is 13.9 Å². The SMILES string of the molecule is COc1ccc(F)c(OC)c1CC(N)=S. The number of rotatable bonds is 4. The van der Waals surface area contributed by atoms with Crippen LogP contribution in [0.25, 0.3) is 0 Å². The first-order valence-electron chi connectivity index (χ1n) is 4.27. The van der Waals surface area contributed by atoms with Gasteiger partial charge in [0.05, 0.1) is 19.2 Å². The quantitative estimate of drug-likeness (QED) is 0.798. The van der Waals surface area contributed by atoms with Gasteiger partial charge in [0.25, 0.3) is 0 Å². The highest BCUT2D eigenvalue weighted by Gasteiger charge is 2.15. The normalized spacial score (nSPS) is 9.80. The molecule has 0 atom stereocenters. The zero-order valence-corrected chi connectivity index (χ0v) is 9.36. The smallest absolute Gasteiger partial charge is 0.165 e. The molecule has 0 fully saturated rings. The first-order valence-corrected chi connectivity index (χ1v) is 4.68. The van der Waals surface area contributed by atoms with E-state index in [1.165, 1.54) is 26.4 Å². The van der Waals surface area contributed by atoms with Gasteiger partial charge in [0, 0.05) is 12.0 Å². The summed E-state index contributed by atoms with van der Waals surface area (Å²) in [6, 6.07) is 2.80. The molecule has 0 saturated heterocycles. The Morgan fingerprint density at radius 1 is 1.40 bits per heavy atom. The molecule has 0 bridgehead atoms. The summed E-state index contributed by atoms with van der Waals surface area (Å²) in [5, 5.41) is 0. The largest absolute Gasteiger partial charge is 0.496 e. The van der Waals surface area contributed by atoms with Gasteiger partial charge in [-0.2, -0.15) is 0 Å². The molecule has 0 aliphatic rings. The summed E-state index contributed by atoms with van der Waals surface area (Å²) in [6.07, 6.45) is 0.249. The van der Waals surface area contributed by atoms with Crippen LogP contribution in [0.5, 0.6) is 11.5 Å². The van der Waals surface area contributed by atoms with Crippen molar-refractivity contribution in [2.45, 2.75) is 6.42 Å². The van der Waals surface area contributed by atoms with Crippen LogP contribution in [-0.4, -0.2) is 19.2 Å². The Labute approximate surface area is 93.0 Å². The first kappa shape index (κ1) is 11.7. The van der Waals surface area contributed by atoms with E-state index in [4.69, 9.17) is 27.4 Å². The fourth-order valence-electron chi connectivity index (χ4n) is 1.33. The lowest BCUT2D eigenvalue weighted by atomic mass is 10.1. The Morgan fingerprint density at radius 3 is 2.53 bits per heavy atom. The summed E-state index contributed by atoms with van der Waals surface area (Å²) in [5.41, 5.74) is 5.95. The minimum atomic E-state index is -0.454. The van der Waals surface area contributed by atoms with Gasteiger partial charge in [-0.25, -0.2) is 4.39 Å². The summed E-state index contributed by atoms with van der Waals surface area (Å²) in [5.74, 6) is 0.188. The Hall–Kier alpha value is -1.36. The fraction of sp³-hybridized carbons (Fsp3) is 0.300. The van der Waals surface area contributed by atoms with Gasteiger partial charge in [-0.05, 0) is 12.1 Å². The zero-order valence-electron chi connectivity index (χ0n) is 8.54. The molecule has 0 radical (unpaired) electrons. The maximum atomic E-state index is 13.4. The monoisotopic (exact) mass is 229 g/mol. The number of thiocarbonyl (C=S) groups is 1. The first-order chi connectivity index (χ1) is 7.10. The van der Waals surface area contributed by atoms with E-state index in [1.54, 1.807) is 0 Å². The molecule has 0 amide bonds. The van der Waals surface area contributed by atoms with E-state index in [-0.39, 0.29) is 17.2 Å². The van der Waals surface area contributed by atoms with Crippen LogP contribution in [0.1, 0.15) is 5.56 Å². The van der Waals surface area contributed by atoms with Crippen molar-refractivity contribution in [1.29, 1.82) is 0 Å². The molecule has 5 heteroatoms. The highest BCUT2D eigenvalue weighted by atomic mass is 32.1. The van der Waals surface area contributed by atoms with Gasteiger partial charge in [0.15, 0.2) is 11.6 Å². The van der Waals surface area contributed by atoms with Crippen LogP contribution >= 0.6 is 12.2 Å². The lowest BCUT2D eigenvalue weighted by molar-refractivity contribution is 0.367. The Kier molecular flexibility index (Phi) is 3.85. The summed E-state index contributed by atoms with van der Waals surface area (Å²) in [7, 11) is 2.89. The van der Waals surface area contributed by atoms with E-state index < -0.39 is 5.82 Å². The van der Waals surface area contributed by atoms with Crippen molar-refractivity contribution in [1.82, 2.24) is 0 Å². The molecule has 0 heterocycles. The average Bonchev–Trinajstić information content (AvgIpc) is 2.18. The second-order valence-electron chi connectivity index (χ2n) is 2.90. The molecule has 0 aliphatic heterocycles. The van der Waals surface area contributed by atoms with Gasteiger partial charge in [-0.15, -0.1) is 0 Å². The number of benzene rings is 1. The van der Waals surface area contributed by atoms with Crippen LogP contribution < -0.4 is 15.2 Å². The molecule has 0 saturated carbocycles. The van der Waals surface area contributed by atoms with Crippen LogP contribution in [0, 0.1) is 5.82 Å². The molecular weight excluding hydrogens is 217 g/mol. The molecule has 3 nitrogen and oxygen atoms in total. The minimum absolute atomic E-state index is 0.127.